The highest BCUT2D eigenvalue weighted by molar-refractivity contribution is 6.26. The van der Waals surface area contributed by atoms with Crippen molar-refractivity contribution in [1.82, 2.24) is 0 Å². The first-order valence-corrected chi connectivity index (χ1v) is 7.18. The number of carbonyl (C=O) groups excluding carboxylic acids is 4. The van der Waals surface area contributed by atoms with Crippen molar-refractivity contribution in [3.63, 3.8) is 0 Å². The smallest absolute Gasteiger partial charge is 0.336 e. The van der Waals surface area contributed by atoms with Crippen LogP contribution in [0.5, 0.6) is 0 Å². The predicted octanol–water partition coefficient (Wildman–Crippen LogP) is 2.94. The zero-order valence-electron chi connectivity index (χ0n) is 12.7. The summed E-state index contributed by atoms with van der Waals surface area (Å²) in [5.74, 6) is -1.21. The monoisotopic (exact) mass is 334 g/mol. The summed E-state index contributed by atoms with van der Waals surface area (Å²) in [7, 11) is 0. The molecular weight excluding hydrogens is 324 g/mol. The molecule has 0 atom stereocenters. The second kappa shape index (κ2) is 6.09. The SMILES string of the molecule is O=Cc1c(C=O)c(C=O)c2c(ccc3cccc(C(=O)O)c32)c1C=O. The Bertz CT molecular complexity index is 1090. The molecule has 0 saturated carbocycles. The van der Waals surface area contributed by atoms with Gasteiger partial charge in [0.05, 0.1) is 5.56 Å². The maximum absolute atomic E-state index is 11.7. The van der Waals surface area contributed by atoms with Crippen molar-refractivity contribution in [3.05, 3.63) is 58.1 Å². The standard InChI is InChI=1S/C19H10O6/c20-6-13-11-5-4-10-2-1-3-12(19(24)25)17(10)18(11)16(9-23)15(8-22)14(13)7-21/h1-9H,(H,24,25). The first-order valence-electron chi connectivity index (χ1n) is 7.18. The lowest BCUT2D eigenvalue weighted by atomic mass is 9.87. The Morgan fingerprint density at radius 3 is 1.88 bits per heavy atom. The summed E-state index contributed by atoms with van der Waals surface area (Å²) in [6.45, 7) is 0. The number of hydrogen-bond acceptors (Lipinski definition) is 5. The van der Waals surface area contributed by atoms with Gasteiger partial charge in [0, 0.05) is 33.0 Å². The van der Waals surface area contributed by atoms with Crippen molar-refractivity contribution < 1.29 is 29.1 Å². The summed E-state index contributed by atoms with van der Waals surface area (Å²) in [6.07, 6.45) is 1.48. The molecule has 0 aliphatic heterocycles. The third-order valence-electron chi connectivity index (χ3n) is 4.18. The minimum absolute atomic E-state index is 0.0557. The minimum atomic E-state index is -1.21. The number of rotatable bonds is 5. The lowest BCUT2D eigenvalue weighted by Gasteiger charge is -2.14. The summed E-state index contributed by atoms with van der Waals surface area (Å²) in [5, 5.41) is 10.6. The molecule has 6 heteroatoms. The molecule has 0 saturated heterocycles. The van der Waals surface area contributed by atoms with Crippen LogP contribution in [0, 0.1) is 0 Å². The van der Waals surface area contributed by atoms with Crippen molar-refractivity contribution in [2.75, 3.05) is 0 Å². The Morgan fingerprint density at radius 1 is 0.720 bits per heavy atom. The molecule has 0 aromatic heterocycles. The Balaban J connectivity index is 2.78. The maximum atomic E-state index is 11.7. The van der Waals surface area contributed by atoms with E-state index in [-0.39, 0.29) is 44.0 Å². The van der Waals surface area contributed by atoms with Gasteiger partial charge in [0.15, 0.2) is 25.1 Å². The quantitative estimate of drug-likeness (QED) is 0.568. The fraction of sp³-hybridized carbons (Fsp3) is 0. The van der Waals surface area contributed by atoms with Crippen molar-refractivity contribution in [1.29, 1.82) is 0 Å². The van der Waals surface area contributed by atoms with Crippen LogP contribution in [0.1, 0.15) is 51.8 Å². The summed E-state index contributed by atoms with van der Waals surface area (Å²) >= 11 is 0. The van der Waals surface area contributed by atoms with E-state index < -0.39 is 5.97 Å². The van der Waals surface area contributed by atoms with Gasteiger partial charge in [-0.1, -0.05) is 24.3 Å². The highest BCUT2D eigenvalue weighted by Crippen LogP contribution is 2.35. The van der Waals surface area contributed by atoms with Crippen LogP contribution in [-0.4, -0.2) is 36.2 Å². The summed E-state index contributed by atoms with van der Waals surface area (Å²) in [6, 6.07) is 7.71. The number of fused-ring (bicyclic) bond motifs is 3. The molecule has 3 aromatic carbocycles. The van der Waals surface area contributed by atoms with E-state index in [1.54, 1.807) is 18.2 Å². The fourth-order valence-electron chi connectivity index (χ4n) is 3.13. The van der Waals surface area contributed by atoms with Crippen molar-refractivity contribution >= 4 is 52.7 Å². The van der Waals surface area contributed by atoms with Crippen LogP contribution in [-0.2, 0) is 0 Å². The molecule has 0 heterocycles. The molecule has 0 aliphatic carbocycles. The van der Waals surface area contributed by atoms with Crippen LogP contribution in [0.2, 0.25) is 0 Å². The number of benzene rings is 3. The summed E-state index contributed by atoms with van der Waals surface area (Å²) < 4.78 is 0. The molecule has 3 aromatic rings. The number of carboxylic acid groups (broad SMARTS) is 1. The molecule has 0 radical (unpaired) electrons. The molecule has 0 spiro atoms. The Hall–Kier alpha value is -3.67. The van der Waals surface area contributed by atoms with E-state index in [1.807, 2.05) is 0 Å². The second-order valence-electron chi connectivity index (χ2n) is 5.32. The average Bonchev–Trinajstić information content (AvgIpc) is 2.64. The first kappa shape index (κ1) is 16.2. The van der Waals surface area contributed by atoms with Crippen LogP contribution >= 0.6 is 0 Å². The topological polar surface area (TPSA) is 106 Å². The van der Waals surface area contributed by atoms with E-state index in [4.69, 9.17) is 0 Å². The molecular formula is C19H10O6. The van der Waals surface area contributed by atoms with Gasteiger partial charge in [0.25, 0.3) is 0 Å². The molecule has 25 heavy (non-hydrogen) atoms. The normalized spacial score (nSPS) is 10.6. The van der Waals surface area contributed by atoms with Crippen molar-refractivity contribution in [3.8, 4) is 0 Å². The number of aromatic carboxylic acids is 1. The summed E-state index contributed by atoms with van der Waals surface area (Å²) in [4.78, 5) is 57.7. The number of aldehydes is 4. The molecule has 0 unspecified atom stereocenters. The molecule has 1 N–H and O–H groups in total. The molecule has 122 valence electrons. The lowest BCUT2D eigenvalue weighted by Crippen LogP contribution is -2.06. The van der Waals surface area contributed by atoms with E-state index in [2.05, 4.69) is 0 Å². The van der Waals surface area contributed by atoms with Gasteiger partial charge in [-0.25, -0.2) is 4.79 Å². The molecule has 0 fully saturated rings. The van der Waals surface area contributed by atoms with E-state index in [0.717, 1.165) is 0 Å². The van der Waals surface area contributed by atoms with Gasteiger partial charge >= 0.3 is 5.97 Å². The van der Waals surface area contributed by atoms with Crippen LogP contribution in [0.25, 0.3) is 21.5 Å². The zero-order chi connectivity index (χ0) is 18.1. The fourth-order valence-corrected chi connectivity index (χ4v) is 3.13. The largest absolute Gasteiger partial charge is 0.478 e. The highest BCUT2D eigenvalue weighted by Gasteiger charge is 2.22. The van der Waals surface area contributed by atoms with Gasteiger partial charge in [0.2, 0.25) is 0 Å². The van der Waals surface area contributed by atoms with Gasteiger partial charge in [-0.05, 0) is 16.8 Å². The predicted molar refractivity (Wildman–Crippen MR) is 90.0 cm³/mol. The Labute approximate surface area is 140 Å². The third kappa shape index (κ3) is 2.23. The number of hydrogen-bond donors (Lipinski definition) is 1. The second-order valence-corrected chi connectivity index (χ2v) is 5.32. The van der Waals surface area contributed by atoms with Gasteiger partial charge in [-0.3, -0.25) is 19.2 Å². The number of carboxylic acids is 1. The highest BCUT2D eigenvalue weighted by atomic mass is 16.4. The van der Waals surface area contributed by atoms with Crippen LogP contribution in [0.15, 0.2) is 30.3 Å². The first-order chi connectivity index (χ1) is 12.1. The maximum Gasteiger partial charge on any atom is 0.336 e. The van der Waals surface area contributed by atoms with Gasteiger partial charge in [-0.15, -0.1) is 0 Å². The molecule has 6 nitrogen and oxygen atoms in total. The Kier molecular flexibility index (Phi) is 3.94. The van der Waals surface area contributed by atoms with Crippen molar-refractivity contribution in [2.24, 2.45) is 0 Å². The number of carbonyl (C=O) groups is 5. The van der Waals surface area contributed by atoms with Crippen LogP contribution < -0.4 is 0 Å². The molecule has 3 rings (SSSR count). The Morgan fingerprint density at radius 2 is 1.32 bits per heavy atom. The van der Waals surface area contributed by atoms with Gasteiger partial charge in [0.1, 0.15) is 0 Å². The average molecular weight is 334 g/mol. The minimum Gasteiger partial charge on any atom is -0.478 e. The van der Waals surface area contributed by atoms with Gasteiger partial charge in [-0.2, -0.15) is 0 Å². The van der Waals surface area contributed by atoms with Gasteiger partial charge < -0.3 is 5.11 Å². The van der Waals surface area contributed by atoms with E-state index >= 15 is 0 Å². The molecule has 0 amide bonds. The zero-order valence-corrected chi connectivity index (χ0v) is 12.7. The van der Waals surface area contributed by atoms with Crippen LogP contribution in [0.3, 0.4) is 0 Å². The van der Waals surface area contributed by atoms with E-state index in [0.29, 0.717) is 30.5 Å². The van der Waals surface area contributed by atoms with E-state index in [9.17, 15) is 29.1 Å². The summed E-state index contributed by atoms with van der Waals surface area (Å²) in [5.41, 5.74) is -0.658. The third-order valence-corrected chi connectivity index (χ3v) is 4.18. The van der Waals surface area contributed by atoms with E-state index in [1.165, 1.54) is 12.1 Å². The van der Waals surface area contributed by atoms with Crippen LogP contribution in [0.4, 0.5) is 0 Å². The van der Waals surface area contributed by atoms with Crippen molar-refractivity contribution in [2.45, 2.75) is 0 Å². The molecule has 0 aliphatic rings. The lowest BCUT2D eigenvalue weighted by molar-refractivity contribution is 0.0698. The molecule has 0 bridgehead atoms.